The van der Waals surface area contributed by atoms with Crippen molar-refractivity contribution < 1.29 is 4.39 Å². The van der Waals surface area contributed by atoms with Gasteiger partial charge in [-0.2, -0.15) is 0 Å². The average molecular weight is 223 g/mol. The standard InChI is InChI=1S/C14H22FN/c1-4-8-16-9-7-11(2)13-6-5-12(3)14(15)10-13/h5-6,10-11,16H,4,7-9H2,1-3H3. The molecule has 90 valence electrons. The molecule has 0 fully saturated rings. The van der Waals surface area contributed by atoms with E-state index < -0.39 is 0 Å². The fraction of sp³-hybridized carbons (Fsp3) is 0.571. The Hall–Kier alpha value is -0.890. The topological polar surface area (TPSA) is 12.0 Å². The van der Waals surface area contributed by atoms with Crippen LogP contribution in [0.3, 0.4) is 0 Å². The molecule has 0 saturated heterocycles. The van der Waals surface area contributed by atoms with Crippen LogP contribution in [0.15, 0.2) is 18.2 Å². The van der Waals surface area contributed by atoms with Gasteiger partial charge < -0.3 is 5.32 Å². The molecule has 0 amide bonds. The third-order valence-electron chi connectivity index (χ3n) is 2.95. The normalized spacial score (nSPS) is 12.8. The Morgan fingerprint density at radius 3 is 2.69 bits per heavy atom. The molecule has 0 heterocycles. The van der Waals surface area contributed by atoms with Crippen molar-refractivity contribution in [2.75, 3.05) is 13.1 Å². The van der Waals surface area contributed by atoms with Crippen LogP contribution in [-0.2, 0) is 0 Å². The molecule has 1 aromatic rings. The Balaban J connectivity index is 2.46. The maximum atomic E-state index is 13.4. The smallest absolute Gasteiger partial charge is 0.126 e. The first-order valence-corrected chi connectivity index (χ1v) is 6.12. The first-order chi connectivity index (χ1) is 7.65. The highest BCUT2D eigenvalue weighted by Crippen LogP contribution is 2.20. The van der Waals surface area contributed by atoms with Crippen molar-refractivity contribution in [2.45, 2.75) is 39.5 Å². The van der Waals surface area contributed by atoms with Gasteiger partial charge >= 0.3 is 0 Å². The van der Waals surface area contributed by atoms with Crippen LogP contribution in [0.2, 0.25) is 0 Å². The molecule has 0 bridgehead atoms. The van der Waals surface area contributed by atoms with Gasteiger partial charge in [0.05, 0.1) is 0 Å². The fourth-order valence-corrected chi connectivity index (χ4v) is 1.70. The summed E-state index contributed by atoms with van der Waals surface area (Å²) in [6.07, 6.45) is 2.22. The average Bonchev–Trinajstić information content (AvgIpc) is 2.28. The zero-order chi connectivity index (χ0) is 12.0. The SMILES string of the molecule is CCCNCCC(C)c1ccc(C)c(F)c1. The second-order valence-corrected chi connectivity index (χ2v) is 4.45. The lowest BCUT2D eigenvalue weighted by atomic mass is 9.96. The summed E-state index contributed by atoms with van der Waals surface area (Å²) in [7, 11) is 0. The van der Waals surface area contributed by atoms with Gasteiger partial charge in [-0.25, -0.2) is 4.39 Å². The van der Waals surface area contributed by atoms with Crippen LogP contribution in [0.25, 0.3) is 0 Å². The van der Waals surface area contributed by atoms with Gasteiger partial charge in [0.25, 0.3) is 0 Å². The highest BCUT2D eigenvalue weighted by molar-refractivity contribution is 5.25. The van der Waals surface area contributed by atoms with Crippen molar-refractivity contribution in [3.63, 3.8) is 0 Å². The van der Waals surface area contributed by atoms with Crippen molar-refractivity contribution >= 4 is 0 Å². The third-order valence-corrected chi connectivity index (χ3v) is 2.95. The molecule has 2 heteroatoms. The maximum Gasteiger partial charge on any atom is 0.126 e. The predicted octanol–water partition coefficient (Wildman–Crippen LogP) is 3.63. The van der Waals surface area contributed by atoms with E-state index in [4.69, 9.17) is 0 Å². The molecule has 0 radical (unpaired) electrons. The molecular weight excluding hydrogens is 201 g/mol. The van der Waals surface area contributed by atoms with Crippen LogP contribution in [0.1, 0.15) is 43.7 Å². The molecule has 1 rings (SSSR count). The largest absolute Gasteiger partial charge is 0.317 e. The van der Waals surface area contributed by atoms with E-state index in [1.54, 1.807) is 13.0 Å². The van der Waals surface area contributed by atoms with E-state index in [1.165, 1.54) is 0 Å². The summed E-state index contributed by atoms with van der Waals surface area (Å²) in [5.41, 5.74) is 1.82. The molecule has 0 aliphatic carbocycles. The van der Waals surface area contributed by atoms with Gasteiger partial charge in [0.2, 0.25) is 0 Å². The number of hydrogen-bond acceptors (Lipinski definition) is 1. The summed E-state index contributed by atoms with van der Waals surface area (Å²) in [5, 5.41) is 3.37. The quantitative estimate of drug-likeness (QED) is 0.726. The first kappa shape index (κ1) is 13.2. The Morgan fingerprint density at radius 1 is 1.31 bits per heavy atom. The summed E-state index contributed by atoms with van der Waals surface area (Å²) in [5.74, 6) is 0.324. The molecule has 16 heavy (non-hydrogen) atoms. The lowest BCUT2D eigenvalue weighted by Gasteiger charge is -2.13. The minimum absolute atomic E-state index is 0.0918. The summed E-state index contributed by atoms with van der Waals surface area (Å²) in [6, 6.07) is 5.56. The second kappa shape index (κ2) is 6.64. The van der Waals surface area contributed by atoms with Crippen LogP contribution < -0.4 is 5.32 Å². The minimum Gasteiger partial charge on any atom is -0.317 e. The lowest BCUT2D eigenvalue weighted by Crippen LogP contribution is -2.17. The van der Waals surface area contributed by atoms with Crippen LogP contribution in [0, 0.1) is 12.7 Å². The van der Waals surface area contributed by atoms with Crippen molar-refractivity contribution in [2.24, 2.45) is 0 Å². The first-order valence-electron chi connectivity index (χ1n) is 6.12. The molecule has 1 atom stereocenters. The number of nitrogens with one attached hydrogen (secondary N) is 1. The fourth-order valence-electron chi connectivity index (χ4n) is 1.70. The molecule has 0 saturated carbocycles. The number of hydrogen-bond donors (Lipinski definition) is 1. The van der Waals surface area contributed by atoms with E-state index in [2.05, 4.69) is 19.2 Å². The summed E-state index contributed by atoms with van der Waals surface area (Å²) in [4.78, 5) is 0. The Labute approximate surface area is 98.1 Å². The van der Waals surface area contributed by atoms with Gasteiger partial charge in [-0.1, -0.05) is 26.0 Å². The van der Waals surface area contributed by atoms with Gasteiger partial charge in [0.1, 0.15) is 5.82 Å². The minimum atomic E-state index is -0.0918. The highest BCUT2D eigenvalue weighted by atomic mass is 19.1. The van der Waals surface area contributed by atoms with Crippen molar-refractivity contribution in [1.82, 2.24) is 5.32 Å². The van der Waals surface area contributed by atoms with E-state index in [1.807, 2.05) is 12.1 Å². The zero-order valence-electron chi connectivity index (χ0n) is 10.5. The molecular formula is C14H22FN. The summed E-state index contributed by atoms with van der Waals surface area (Å²) >= 11 is 0. The Morgan fingerprint density at radius 2 is 2.06 bits per heavy atom. The number of rotatable bonds is 6. The number of halogens is 1. The number of benzene rings is 1. The molecule has 1 aromatic carbocycles. The van der Waals surface area contributed by atoms with E-state index in [-0.39, 0.29) is 5.82 Å². The van der Waals surface area contributed by atoms with Crippen molar-refractivity contribution in [3.05, 3.63) is 35.1 Å². The summed E-state index contributed by atoms with van der Waals surface area (Å²) in [6.45, 7) is 8.18. The molecule has 0 aliphatic heterocycles. The molecule has 1 unspecified atom stereocenters. The van der Waals surface area contributed by atoms with Gasteiger partial charge in [-0.3, -0.25) is 0 Å². The van der Waals surface area contributed by atoms with E-state index in [0.29, 0.717) is 5.92 Å². The van der Waals surface area contributed by atoms with Gasteiger partial charge in [0, 0.05) is 0 Å². The Kier molecular flexibility index (Phi) is 5.47. The third kappa shape index (κ3) is 3.93. The van der Waals surface area contributed by atoms with Gasteiger partial charge in [-0.05, 0) is 56.0 Å². The van der Waals surface area contributed by atoms with E-state index in [0.717, 1.165) is 37.1 Å². The van der Waals surface area contributed by atoms with Crippen LogP contribution >= 0.6 is 0 Å². The summed E-state index contributed by atoms with van der Waals surface area (Å²) < 4.78 is 13.4. The van der Waals surface area contributed by atoms with Gasteiger partial charge in [-0.15, -0.1) is 0 Å². The molecule has 1 nitrogen and oxygen atoms in total. The van der Waals surface area contributed by atoms with E-state index >= 15 is 0 Å². The van der Waals surface area contributed by atoms with Crippen molar-refractivity contribution in [1.29, 1.82) is 0 Å². The molecule has 1 N–H and O–H groups in total. The van der Waals surface area contributed by atoms with Crippen molar-refractivity contribution in [3.8, 4) is 0 Å². The van der Waals surface area contributed by atoms with E-state index in [9.17, 15) is 4.39 Å². The molecule has 0 aliphatic rings. The second-order valence-electron chi connectivity index (χ2n) is 4.45. The predicted molar refractivity (Wildman–Crippen MR) is 67.3 cm³/mol. The number of aryl methyl sites for hydroxylation is 1. The van der Waals surface area contributed by atoms with Crippen LogP contribution in [-0.4, -0.2) is 13.1 Å². The zero-order valence-corrected chi connectivity index (χ0v) is 10.5. The maximum absolute atomic E-state index is 13.4. The molecule has 0 spiro atoms. The van der Waals surface area contributed by atoms with Gasteiger partial charge in [0.15, 0.2) is 0 Å². The van der Waals surface area contributed by atoms with Crippen LogP contribution in [0.4, 0.5) is 4.39 Å². The highest BCUT2D eigenvalue weighted by Gasteiger charge is 2.07. The van der Waals surface area contributed by atoms with Crippen LogP contribution in [0.5, 0.6) is 0 Å². The molecule has 0 aromatic heterocycles. The Bertz CT molecular complexity index is 323. The monoisotopic (exact) mass is 223 g/mol. The lowest BCUT2D eigenvalue weighted by molar-refractivity contribution is 0.580.